The first-order valence-corrected chi connectivity index (χ1v) is 7.68. The van der Waals surface area contributed by atoms with Crippen molar-refractivity contribution in [2.75, 3.05) is 6.61 Å². The van der Waals surface area contributed by atoms with Crippen LogP contribution in [0.25, 0.3) is 0 Å². The summed E-state index contributed by atoms with van der Waals surface area (Å²) in [7, 11) is 0. The first-order chi connectivity index (χ1) is 10.2. The molecule has 1 fully saturated rings. The highest BCUT2D eigenvalue weighted by Gasteiger charge is 2.19. The molecule has 0 aromatic heterocycles. The number of hydrogen-bond acceptors (Lipinski definition) is 2. The summed E-state index contributed by atoms with van der Waals surface area (Å²) >= 11 is 0. The molecule has 0 saturated heterocycles. The van der Waals surface area contributed by atoms with E-state index in [1.54, 1.807) is 0 Å². The number of aliphatic hydroxyl groups is 1. The Hall–Kier alpha value is -1.79. The van der Waals surface area contributed by atoms with Crippen LogP contribution in [-0.4, -0.2) is 17.6 Å². The van der Waals surface area contributed by atoms with Gasteiger partial charge in [0.1, 0.15) is 6.61 Å². The van der Waals surface area contributed by atoms with E-state index in [0.29, 0.717) is 12.3 Å². The van der Waals surface area contributed by atoms with Gasteiger partial charge < -0.3 is 10.4 Å². The maximum absolute atomic E-state index is 12.1. The predicted molar refractivity (Wildman–Crippen MR) is 83.5 cm³/mol. The van der Waals surface area contributed by atoms with Gasteiger partial charge in [-0.15, -0.1) is 0 Å². The minimum atomic E-state index is -0.141. The lowest BCUT2D eigenvalue weighted by Crippen LogP contribution is -2.28. The van der Waals surface area contributed by atoms with Crippen molar-refractivity contribution in [2.45, 2.75) is 45.1 Å². The van der Waals surface area contributed by atoms with Gasteiger partial charge in [0.2, 0.25) is 5.91 Å². The average molecular weight is 285 g/mol. The van der Waals surface area contributed by atoms with E-state index in [-0.39, 0.29) is 18.6 Å². The molecule has 1 atom stereocenters. The van der Waals surface area contributed by atoms with Gasteiger partial charge >= 0.3 is 0 Å². The van der Waals surface area contributed by atoms with Crippen molar-refractivity contribution < 1.29 is 9.90 Å². The highest BCUT2D eigenvalue weighted by molar-refractivity contribution is 5.76. The third kappa shape index (κ3) is 4.91. The van der Waals surface area contributed by atoms with Gasteiger partial charge in [-0.1, -0.05) is 36.8 Å². The van der Waals surface area contributed by atoms with E-state index < -0.39 is 0 Å². The fourth-order valence-electron chi connectivity index (χ4n) is 2.89. The van der Waals surface area contributed by atoms with Crippen molar-refractivity contribution in [1.82, 2.24) is 5.32 Å². The van der Waals surface area contributed by atoms with Gasteiger partial charge in [-0.3, -0.25) is 4.79 Å². The summed E-state index contributed by atoms with van der Waals surface area (Å²) in [6, 6.07) is 7.76. The van der Waals surface area contributed by atoms with Crippen molar-refractivity contribution >= 4 is 5.91 Å². The number of carbonyl (C=O) groups excluding carboxylic acids is 1. The third-order valence-corrected chi connectivity index (χ3v) is 4.02. The third-order valence-electron chi connectivity index (χ3n) is 4.02. The highest BCUT2D eigenvalue weighted by Crippen LogP contribution is 2.27. The van der Waals surface area contributed by atoms with Gasteiger partial charge in [-0.05, 0) is 43.4 Å². The lowest BCUT2D eigenvalue weighted by molar-refractivity contribution is -0.122. The highest BCUT2D eigenvalue weighted by atomic mass is 16.2. The summed E-state index contributed by atoms with van der Waals surface area (Å²) in [6.07, 6.45) is 5.55. The lowest BCUT2D eigenvalue weighted by Gasteiger charge is -2.16. The normalized spacial score (nSPS) is 16.1. The molecule has 2 N–H and O–H groups in total. The minimum absolute atomic E-state index is 0.0187. The molecule has 1 amide bonds. The molecular weight excluding hydrogens is 262 g/mol. The number of aliphatic hydroxyl groups excluding tert-OH is 1. The van der Waals surface area contributed by atoms with Crippen LogP contribution >= 0.6 is 0 Å². The standard InChI is InChI=1S/C18H23NO2/c1-14(19-18(21)13-16-6-2-3-7-16)17-10-4-8-15(12-17)9-5-11-20/h4,8,10,12,14,16,20H,2-3,6-7,11,13H2,1H3,(H,19,21). The number of rotatable bonds is 4. The summed E-state index contributed by atoms with van der Waals surface area (Å²) in [5.41, 5.74) is 1.90. The van der Waals surface area contributed by atoms with Crippen LogP contribution < -0.4 is 5.32 Å². The van der Waals surface area contributed by atoms with E-state index in [2.05, 4.69) is 17.2 Å². The molecule has 0 aliphatic heterocycles. The summed E-state index contributed by atoms with van der Waals surface area (Å²) in [4.78, 5) is 12.1. The Balaban J connectivity index is 1.92. The van der Waals surface area contributed by atoms with E-state index in [9.17, 15) is 4.79 Å². The van der Waals surface area contributed by atoms with Crippen LogP contribution in [0.5, 0.6) is 0 Å². The van der Waals surface area contributed by atoms with Crippen LogP contribution in [0.15, 0.2) is 24.3 Å². The second-order valence-electron chi connectivity index (χ2n) is 5.73. The summed E-state index contributed by atoms with van der Waals surface area (Å²) < 4.78 is 0. The molecule has 1 saturated carbocycles. The number of carbonyl (C=O) groups is 1. The zero-order valence-corrected chi connectivity index (χ0v) is 12.6. The van der Waals surface area contributed by atoms with Gasteiger partial charge in [0, 0.05) is 12.0 Å². The predicted octanol–water partition coefficient (Wildman–Crippen LogP) is 2.79. The van der Waals surface area contributed by atoms with Gasteiger partial charge in [0.05, 0.1) is 6.04 Å². The molecule has 1 aliphatic carbocycles. The molecule has 0 radical (unpaired) electrons. The molecule has 21 heavy (non-hydrogen) atoms. The van der Waals surface area contributed by atoms with Crippen LogP contribution in [0.4, 0.5) is 0 Å². The Labute approximate surface area is 126 Å². The Morgan fingerprint density at radius 2 is 2.19 bits per heavy atom. The van der Waals surface area contributed by atoms with E-state index in [0.717, 1.165) is 11.1 Å². The molecule has 1 aromatic rings. The Morgan fingerprint density at radius 3 is 2.90 bits per heavy atom. The first-order valence-electron chi connectivity index (χ1n) is 7.68. The monoisotopic (exact) mass is 285 g/mol. The fraction of sp³-hybridized carbons (Fsp3) is 0.500. The van der Waals surface area contributed by atoms with Gasteiger partial charge in [-0.25, -0.2) is 0 Å². The molecule has 3 heteroatoms. The van der Waals surface area contributed by atoms with Crippen LogP contribution in [-0.2, 0) is 4.79 Å². The maximum atomic E-state index is 12.1. The van der Waals surface area contributed by atoms with Crippen molar-refractivity contribution in [3.63, 3.8) is 0 Å². The molecule has 2 rings (SSSR count). The zero-order valence-electron chi connectivity index (χ0n) is 12.6. The molecule has 1 aliphatic rings. The molecule has 1 unspecified atom stereocenters. The second kappa shape index (κ2) is 7.85. The fourth-order valence-corrected chi connectivity index (χ4v) is 2.89. The SMILES string of the molecule is CC(NC(=O)CC1CCCC1)c1cccc(C#CCO)c1. The Morgan fingerprint density at radius 1 is 1.43 bits per heavy atom. The number of nitrogens with one attached hydrogen (secondary N) is 1. The molecule has 0 spiro atoms. The maximum Gasteiger partial charge on any atom is 0.220 e. The van der Waals surface area contributed by atoms with E-state index >= 15 is 0 Å². The summed E-state index contributed by atoms with van der Waals surface area (Å²) in [5, 5.41) is 11.8. The molecule has 112 valence electrons. The van der Waals surface area contributed by atoms with Crippen molar-refractivity contribution in [3.8, 4) is 11.8 Å². The molecule has 0 heterocycles. The van der Waals surface area contributed by atoms with Crippen molar-refractivity contribution in [2.24, 2.45) is 5.92 Å². The quantitative estimate of drug-likeness (QED) is 0.836. The van der Waals surface area contributed by atoms with Gasteiger partial charge in [0.15, 0.2) is 0 Å². The lowest BCUT2D eigenvalue weighted by atomic mass is 10.0. The summed E-state index contributed by atoms with van der Waals surface area (Å²) in [5.74, 6) is 6.24. The topological polar surface area (TPSA) is 49.3 Å². The van der Waals surface area contributed by atoms with Crippen molar-refractivity contribution in [3.05, 3.63) is 35.4 Å². The van der Waals surface area contributed by atoms with Crippen LogP contribution in [0, 0.1) is 17.8 Å². The van der Waals surface area contributed by atoms with Crippen molar-refractivity contribution in [1.29, 1.82) is 0 Å². The second-order valence-corrected chi connectivity index (χ2v) is 5.73. The number of benzene rings is 1. The van der Waals surface area contributed by atoms with E-state index in [1.165, 1.54) is 25.7 Å². The van der Waals surface area contributed by atoms with Crippen LogP contribution in [0.3, 0.4) is 0 Å². The largest absolute Gasteiger partial charge is 0.384 e. The Bertz CT molecular complexity index is 536. The van der Waals surface area contributed by atoms with E-state index in [1.807, 2.05) is 31.2 Å². The van der Waals surface area contributed by atoms with E-state index in [4.69, 9.17) is 5.11 Å². The zero-order chi connectivity index (χ0) is 15.1. The number of amides is 1. The smallest absolute Gasteiger partial charge is 0.220 e. The van der Waals surface area contributed by atoms with Crippen LogP contribution in [0.2, 0.25) is 0 Å². The van der Waals surface area contributed by atoms with Gasteiger partial charge in [0.25, 0.3) is 0 Å². The summed E-state index contributed by atoms with van der Waals surface area (Å²) in [6.45, 7) is 1.85. The molecular formula is C18H23NO2. The molecule has 3 nitrogen and oxygen atoms in total. The first kappa shape index (κ1) is 15.6. The molecule has 1 aromatic carbocycles. The molecule has 0 bridgehead atoms. The van der Waals surface area contributed by atoms with Gasteiger partial charge in [-0.2, -0.15) is 0 Å². The number of hydrogen-bond donors (Lipinski definition) is 2. The Kier molecular flexibility index (Phi) is 5.83. The minimum Gasteiger partial charge on any atom is -0.384 e. The van der Waals surface area contributed by atoms with Crippen LogP contribution in [0.1, 0.15) is 56.2 Å². The average Bonchev–Trinajstić information content (AvgIpc) is 2.98.